The molecule has 0 bridgehead atoms. The summed E-state index contributed by atoms with van der Waals surface area (Å²) < 4.78 is 4.89. The normalized spacial score (nSPS) is 25.5. The zero-order valence-corrected chi connectivity index (χ0v) is 21.2. The molecule has 0 radical (unpaired) electrons. The summed E-state index contributed by atoms with van der Waals surface area (Å²) in [5.41, 5.74) is 1.30. The number of rotatable bonds is 8. The maximum absolute atomic E-state index is 13.3. The Hall–Kier alpha value is -3.03. The van der Waals surface area contributed by atoms with E-state index >= 15 is 0 Å². The Balaban J connectivity index is 1.32. The van der Waals surface area contributed by atoms with Gasteiger partial charge in [-0.1, -0.05) is 35.5 Å². The molecule has 0 spiro atoms. The highest BCUT2D eigenvalue weighted by Crippen LogP contribution is 2.55. The summed E-state index contributed by atoms with van der Waals surface area (Å²) in [5.74, 6) is -0.239. The van der Waals surface area contributed by atoms with Crippen LogP contribution in [-0.2, 0) is 25.9 Å². The minimum absolute atomic E-state index is 0.0493. The highest BCUT2D eigenvalue weighted by atomic mass is 35.5. The van der Waals surface area contributed by atoms with Crippen molar-refractivity contribution in [1.82, 2.24) is 4.90 Å². The van der Waals surface area contributed by atoms with E-state index in [1.165, 1.54) is 36.0 Å². The van der Waals surface area contributed by atoms with Crippen molar-refractivity contribution in [2.24, 2.45) is 20.7 Å². The van der Waals surface area contributed by atoms with Crippen LogP contribution in [0.15, 0.2) is 69.2 Å². The average Bonchev–Trinajstić information content (AvgIpc) is 3.43. The third-order valence-corrected chi connectivity index (χ3v) is 9.69. The molecule has 3 aliphatic heterocycles. The Morgan fingerprint density at radius 1 is 1.22 bits per heavy atom. The molecular formula is C22H19ClN6O5S2. The SMILES string of the molecule is CC1(CSC2(c3ccc(Cl)cc3)N=NN=N2)SC2CC(=O)N2C1C(=O)OCc1ccc([N+](=O)[O-])cc1. The number of nitro groups is 1. The average molecular weight is 547 g/mol. The molecule has 3 aliphatic rings. The van der Waals surface area contributed by atoms with Gasteiger partial charge in [-0.15, -0.1) is 22.0 Å². The molecule has 0 N–H and O–H groups in total. The number of carbonyl (C=O) groups is 2. The van der Waals surface area contributed by atoms with Crippen LogP contribution in [0.2, 0.25) is 5.02 Å². The molecule has 3 atom stereocenters. The second-order valence-corrected chi connectivity index (χ2v) is 11.9. The number of hydrogen-bond acceptors (Lipinski definition) is 11. The number of nitro benzene ring substituents is 1. The second kappa shape index (κ2) is 9.45. The van der Waals surface area contributed by atoms with Gasteiger partial charge < -0.3 is 9.64 Å². The molecule has 2 fully saturated rings. The zero-order chi connectivity index (χ0) is 25.5. The third-order valence-electron chi connectivity index (χ3n) is 6.14. The van der Waals surface area contributed by atoms with Crippen molar-refractivity contribution in [3.63, 3.8) is 0 Å². The molecule has 0 aliphatic carbocycles. The molecule has 3 heterocycles. The number of amides is 1. The van der Waals surface area contributed by atoms with Crippen molar-refractivity contribution in [1.29, 1.82) is 0 Å². The van der Waals surface area contributed by atoms with E-state index in [9.17, 15) is 19.7 Å². The number of halogens is 1. The van der Waals surface area contributed by atoms with Gasteiger partial charge in [-0.25, -0.2) is 4.79 Å². The fourth-order valence-corrected chi connectivity index (χ4v) is 7.50. The summed E-state index contributed by atoms with van der Waals surface area (Å²) in [6.45, 7) is 1.86. The number of esters is 1. The topological polar surface area (TPSA) is 139 Å². The van der Waals surface area contributed by atoms with E-state index in [2.05, 4.69) is 20.7 Å². The van der Waals surface area contributed by atoms with E-state index in [0.717, 1.165) is 5.56 Å². The number of carbonyl (C=O) groups excluding carboxylic acids is 2. The summed E-state index contributed by atoms with van der Waals surface area (Å²) in [7, 11) is 0. The molecule has 3 unspecified atom stereocenters. The van der Waals surface area contributed by atoms with Crippen LogP contribution >= 0.6 is 35.1 Å². The number of β-lactam (4-membered cyclic amide) rings is 1. The van der Waals surface area contributed by atoms with Crippen LogP contribution in [-0.4, -0.2) is 43.6 Å². The Labute approximate surface area is 218 Å². The van der Waals surface area contributed by atoms with Crippen LogP contribution in [0.5, 0.6) is 0 Å². The highest BCUT2D eigenvalue weighted by Gasteiger charge is 2.61. The zero-order valence-electron chi connectivity index (χ0n) is 18.8. The first-order valence-corrected chi connectivity index (χ1v) is 13.1. The van der Waals surface area contributed by atoms with E-state index in [1.54, 1.807) is 40.9 Å². The van der Waals surface area contributed by atoms with Crippen molar-refractivity contribution in [2.75, 3.05) is 5.75 Å². The molecule has 2 aromatic carbocycles. The number of thioether (sulfide) groups is 2. The van der Waals surface area contributed by atoms with Crippen LogP contribution in [0.3, 0.4) is 0 Å². The van der Waals surface area contributed by atoms with E-state index < -0.39 is 26.7 Å². The summed E-state index contributed by atoms with van der Waals surface area (Å²) in [4.78, 5) is 36.5. The van der Waals surface area contributed by atoms with Crippen LogP contribution in [0.25, 0.3) is 0 Å². The fourth-order valence-electron chi connectivity index (χ4n) is 4.25. The summed E-state index contributed by atoms with van der Waals surface area (Å²) in [6, 6.07) is 12.0. The predicted octanol–water partition coefficient (Wildman–Crippen LogP) is 5.10. The minimum Gasteiger partial charge on any atom is -0.459 e. The lowest BCUT2D eigenvalue weighted by atomic mass is 9.98. The number of nitrogens with zero attached hydrogens (tertiary/aromatic N) is 6. The first-order chi connectivity index (χ1) is 17.2. The second-order valence-electron chi connectivity index (χ2n) is 8.61. The largest absolute Gasteiger partial charge is 0.459 e. The third kappa shape index (κ3) is 4.46. The monoisotopic (exact) mass is 546 g/mol. The molecule has 0 aromatic heterocycles. The van der Waals surface area contributed by atoms with Crippen molar-refractivity contribution >= 4 is 52.7 Å². The maximum atomic E-state index is 13.3. The molecule has 1 amide bonds. The van der Waals surface area contributed by atoms with Gasteiger partial charge in [0.15, 0.2) is 0 Å². The van der Waals surface area contributed by atoms with Crippen LogP contribution in [0, 0.1) is 10.1 Å². The lowest BCUT2D eigenvalue weighted by Crippen LogP contribution is -2.58. The number of benzene rings is 2. The molecule has 5 rings (SSSR count). The standard InChI is InChI=1S/C22H19ClN6O5S2/c1-21(12-35-22(24-26-27-25-22)14-4-6-15(23)7-5-14)19(28-17(30)10-18(28)36-21)20(31)34-11-13-2-8-16(9-3-13)29(32)33/h2-9,18-19H,10-12H2,1H3. The molecule has 2 saturated heterocycles. The fraction of sp³-hybridized carbons (Fsp3) is 0.364. The summed E-state index contributed by atoms with van der Waals surface area (Å²) in [6.07, 6.45) is 0.360. The van der Waals surface area contributed by atoms with Gasteiger partial charge in [0, 0.05) is 28.5 Å². The number of fused-ring (bicyclic) bond motifs is 1. The highest BCUT2D eigenvalue weighted by molar-refractivity contribution is 8.05. The molecule has 0 saturated carbocycles. The van der Waals surface area contributed by atoms with Crippen LogP contribution < -0.4 is 0 Å². The Morgan fingerprint density at radius 3 is 2.50 bits per heavy atom. The first-order valence-electron chi connectivity index (χ1n) is 10.8. The minimum atomic E-state index is -1.11. The van der Waals surface area contributed by atoms with Crippen molar-refractivity contribution in [3.8, 4) is 0 Å². The quantitative estimate of drug-likeness (QED) is 0.194. The number of ether oxygens (including phenoxy) is 1. The van der Waals surface area contributed by atoms with Gasteiger partial charge >= 0.3 is 5.97 Å². The Kier molecular flexibility index (Phi) is 6.47. The summed E-state index contributed by atoms with van der Waals surface area (Å²) >= 11 is 8.95. The molecule has 186 valence electrons. The van der Waals surface area contributed by atoms with Gasteiger partial charge in [0.25, 0.3) is 10.7 Å². The van der Waals surface area contributed by atoms with Gasteiger partial charge in [0.2, 0.25) is 5.91 Å². The molecule has 2 aromatic rings. The molecular weight excluding hydrogens is 528 g/mol. The molecule has 14 heteroatoms. The van der Waals surface area contributed by atoms with Crippen LogP contribution in [0.1, 0.15) is 24.5 Å². The molecule has 11 nitrogen and oxygen atoms in total. The van der Waals surface area contributed by atoms with Crippen molar-refractivity contribution in [3.05, 3.63) is 74.8 Å². The van der Waals surface area contributed by atoms with Gasteiger partial charge in [0.1, 0.15) is 12.6 Å². The van der Waals surface area contributed by atoms with Crippen LogP contribution in [0.4, 0.5) is 5.69 Å². The van der Waals surface area contributed by atoms with Gasteiger partial charge in [-0.3, -0.25) is 14.9 Å². The Bertz CT molecular complexity index is 1260. The number of hydrogen-bond donors (Lipinski definition) is 0. The molecule has 36 heavy (non-hydrogen) atoms. The first kappa shape index (κ1) is 24.7. The van der Waals surface area contributed by atoms with Gasteiger partial charge in [0.05, 0.1) is 21.5 Å². The van der Waals surface area contributed by atoms with E-state index in [-0.39, 0.29) is 23.6 Å². The maximum Gasteiger partial charge on any atom is 0.330 e. The smallest absolute Gasteiger partial charge is 0.330 e. The number of non-ortho nitro benzene ring substituents is 1. The van der Waals surface area contributed by atoms with E-state index in [0.29, 0.717) is 22.8 Å². The van der Waals surface area contributed by atoms with E-state index in [1.807, 2.05) is 6.92 Å². The van der Waals surface area contributed by atoms with Gasteiger partial charge in [-0.2, -0.15) is 0 Å². The predicted molar refractivity (Wildman–Crippen MR) is 133 cm³/mol. The van der Waals surface area contributed by atoms with Crippen molar-refractivity contribution in [2.45, 2.75) is 41.1 Å². The van der Waals surface area contributed by atoms with Gasteiger partial charge in [-0.05, 0) is 47.2 Å². The van der Waals surface area contributed by atoms with Crippen molar-refractivity contribution < 1.29 is 19.2 Å². The lowest BCUT2D eigenvalue weighted by Gasteiger charge is -2.38. The Morgan fingerprint density at radius 2 is 1.89 bits per heavy atom. The summed E-state index contributed by atoms with van der Waals surface area (Å²) in [5, 5.41) is 27.3. The lowest BCUT2D eigenvalue weighted by molar-refractivity contribution is -0.384. The van der Waals surface area contributed by atoms with E-state index in [4.69, 9.17) is 16.3 Å².